The van der Waals surface area contributed by atoms with Crippen molar-refractivity contribution in [1.82, 2.24) is 10.1 Å². The van der Waals surface area contributed by atoms with Crippen LogP contribution in [0.3, 0.4) is 0 Å². The molecule has 2 heterocycles. The molecule has 0 aromatic carbocycles. The molecular formula is C12H16N2O3S2. The number of nitrogens with zero attached hydrogens (tertiary/aromatic N) is 2. The molecule has 104 valence electrons. The van der Waals surface area contributed by atoms with E-state index in [1.165, 1.54) is 6.26 Å². The van der Waals surface area contributed by atoms with Gasteiger partial charge in [-0.15, -0.1) is 0 Å². The second-order valence-corrected chi connectivity index (χ2v) is 7.01. The van der Waals surface area contributed by atoms with Gasteiger partial charge in [0.15, 0.2) is 5.82 Å². The molecule has 2 rings (SSSR count). The predicted molar refractivity (Wildman–Crippen MR) is 74.4 cm³/mol. The smallest absolute Gasteiger partial charge is 0.239 e. The predicted octanol–water partition coefficient (Wildman–Crippen LogP) is 3.09. The molecule has 2 unspecified atom stereocenters. The van der Waals surface area contributed by atoms with Crippen LogP contribution in [0.25, 0.3) is 0 Å². The first-order valence-corrected chi connectivity index (χ1v) is 8.35. The van der Waals surface area contributed by atoms with Crippen molar-refractivity contribution in [3.05, 3.63) is 29.8 Å². The molecule has 0 radical (unpaired) electrons. The first-order chi connectivity index (χ1) is 9.11. The molecule has 0 N–H and O–H groups in total. The average Bonchev–Trinajstić information content (AvgIpc) is 2.98. The number of aryl methyl sites for hydroxylation is 1. The minimum absolute atomic E-state index is 0.187. The summed E-state index contributed by atoms with van der Waals surface area (Å²) in [6.07, 6.45) is 1.53. The number of furan rings is 1. The zero-order valence-corrected chi connectivity index (χ0v) is 12.7. The van der Waals surface area contributed by atoms with Gasteiger partial charge in [-0.3, -0.25) is 4.21 Å². The van der Waals surface area contributed by atoms with E-state index in [-0.39, 0.29) is 11.0 Å². The van der Waals surface area contributed by atoms with E-state index in [0.717, 1.165) is 5.75 Å². The van der Waals surface area contributed by atoms with Gasteiger partial charge in [0.2, 0.25) is 5.89 Å². The summed E-state index contributed by atoms with van der Waals surface area (Å²) in [6, 6.07) is 1.71. The molecule has 2 aromatic rings. The van der Waals surface area contributed by atoms with E-state index in [0.29, 0.717) is 22.4 Å². The lowest BCUT2D eigenvalue weighted by atomic mass is 10.4. The van der Waals surface area contributed by atoms with Gasteiger partial charge in [0.05, 0.1) is 27.2 Å². The monoisotopic (exact) mass is 300 g/mol. The summed E-state index contributed by atoms with van der Waals surface area (Å²) in [4.78, 5) is 4.96. The van der Waals surface area contributed by atoms with Crippen LogP contribution in [0.2, 0.25) is 0 Å². The third-order valence-electron chi connectivity index (χ3n) is 2.58. The number of hydrogen-bond acceptors (Lipinski definition) is 6. The van der Waals surface area contributed by atoms with Gasteiger partial charge in [-0.1, -0.05) is 12.1 Å². The van der Waals surface area contributed by atoms with Crippen LogP contribution in [0.5, 0.6) is 0 Å². The zero-order valence-electron chi connectivity index (χ0n) is 11.1. The molecule has 19 heavy (non-hydrogen) atoms. The lowest BCUT2D eigenvalue weighted by Gasteiger charge is -2.01. The van der Waals surface area contributed by atoms with Crippen molar-refractivity contribution in [3.63, 3.8) is 0 Å². The minimum Gasteiger partial charge on any atom is -0.468 e. The Hall–Kier alpha value is -1.08. The number of rotatable bonds is 6. The Morgan fingerprint density at radius 2 is 2.32 bits per heavy atom. The van der Waals surface area contributed by atoms with Crippen LogP contribution >= 0.6 is 11.8 Å². The van der Waals surface area contributed by atoms with Gasteiger partial charge in [-0.2, -0.15) is 16.7 Å². The summed E-state index contributed by atoms with van der Waals surface area (Å²) in [5.74, 6) is 2.93. The molecule has 0 saturated heterocycles. The van der Waals surface area contributed by atoms with Crippen molar-refractivity contribution < 1.29 is 13.1 Å². The van der Waals surface area contributed by atoms with Gasteiger partial charge >= 0.3 is 0 Å². The van der Waals surface area contributed by atoms with Gasteiger partial charge < -0.3 is 8.94 Å². The number of hydrogen-bond donors (Lipinski definition) is 0. The molecule has 0 aliphatic rings. The lowest BCUT2D eigenvalue weighted by molar-refractivity contribution is 0.384. The molecule has 0 fully saturated rings. The highest BCUT2D eigenvalue weighted by molar-refractivity contribution is 7.99. The third kappa shape index (κ3) is 3.48. The molecule has 0 aliphatic heterocycles. The van der Waals surface area contributed by atoms with Gasteiger partial charge in [0.25, 0.3) is 0 Å². The summed E-state index contributed by atoms with van der Waals surface area (Å²) >= 11 is 1.74. The van der Waals surface area contributed by atoms with Crippen LogP contribution in [0, 0.1) is 6.92 Å². The quantitative estimate of drug-likeness (QED) is 0.816. The largest absolute Gasteiger partial charge is 0.468 e. The SMILES string of the molecule is CCSC(C)c1noc(CS(=O)c2ccoc2C)n1. The second kappa shape index (κ2) is 6.38. The fraction of sp³-hybridized carbons (Fsp3) is 0.500. The van der Waals surface area contributed by atoms with E-state index in [9.17, 15) is 4.21 Å². The van der Waals surface area contributed by atoms with E-state index in [4.69, 9.17) is 8.94 Å². The van der Waals surface area contributed by atoms with E-state index in [2.05, 4.69) is 17.1 Å². The highest BCUT2D eigenvalue weighted by Crippen LogP contribution is 2.25. The van der Waals surface area contributed by atoms with Crippen molar-refractivity contribution in [2.45, 2.75) is 36.7 Å². The van der Waals surface area contributed by atoms with Crippen LogP contribution < -0.4 is 0 Å². The Kier molecular flexibility index (Phi) is 4.81. The van der Waals surface area contributed by atoms with Gasteiger partial charge in [0, 0.05) is 0 Å². The summed E-state index contributed by atoms with van der Waals surface area (Å²) in [6.45, 7) is 5.89. The van der Waals surface area contributed by atoms with Gasteiger partial charge in [-0.25, -0.2) is 0 Å². The molecular weight excluding hydrogens is 284 g/mol. The van der Waals surface area contributed by atoms with E-state index in [1.807, 2.05) is 6.92 Å². The van der Waals surface area contributed by atoms with Crippen LogP contribution in [0.4, 0.5) is 0 Å². The highest BCUT2D eigenvalue weighted by atomic mass is 32.2. The van der Waals surface area contributed by atoms with Crippen molar-refractivity contribution in [2.75, 3.05) is 5.75 Å². The average molecular weight is 300 g/mol. The minimum atomic E-state index is -1.22. The first kappa shape index (κ1) is 14.3. The summed E-state index contributed by atoms with van der Waals surface area (Å²) in [5, 5.41) is 4.11. The number of thioether (sulfide) groups is 1. The summed E-state index contributed by atoms with van der Waals surface area (Å²) in [5.41, 5.74) is 0. The van der Waals surface area contributed by atoms with Crippen molar-refractivity contribution in [3.8, 4) is 0 Å². The Morgan fingerprint density at radius 1 is 1.53 bits per heavy atom. The maximum Gasteiger partial charge on any atom is 0.239 e. The van der Waals surface area contributed by atoms with Crippen molar-refractivity contribution >= 4 is 22.6 Å². The fourth-order valence-electron chi connectivity index (χ4n) is 1.62. The van der Waals surface area contributed by atoms with Crippen molar-refractivity contribution in [1.29, 1.82) is 0 Å². The molecule has 0 aliphatic carbocycles. The molecule has 2 atom stereocenters. The zero-order chi connectivity index (χ0) is 13.8. The molecule has 2 aromatic heterocycles. The topological polar surface area (TPSA) is 69.1 Å². The molecule has 0 spiro atoms. The second-order valence-electron chi connectivity index (χ2n) is 3.97. The fourth-order valence-corrected chi connectivity index (χ4v) is 3.43. The Balaban J connectivity index is 2.04. The Bertz CT molecular complexity index is 565. The van der Waals surface area contributed by atoms with E-state index in [1.54, 1.807) is 24.8 Å². The molecule has 0 amide bonds. The van der Waals surface area contributed by atoms with Crippen LogP contribution in [0.1, 0.15) is 36.6 Å². The summed E-state index contributed by atoms with van der Waals surface area (Å²) in [7, 11) is -1.22. The van der Waals surface area contributed by atoms with E-state index >= 15 is 0 Å². The summed E-state index contributed by atoms with van der Waals surface area (Å²) < 4.78 is 22.4. The number of aromatic nitrogens is 2. The highest BCUT2D eigenvalue weighted by Gasteiger charge is 2.17. The molecule has 0 saturated carbocycles. The molecule has 7 heteroatoms. The van der Waals surface area contributed by atoms with Gasteiger partial charge in [0.1, 0.15) is 11.5 Å². The van der Waals surface area contributed by atoms with E-state index < -0.39 is 10.8 Å². The van der Waals surface area contributed by atoms with Crippen molar-refractivity contribution in [2.24, 2.45) is 0 Å². The molecule has 5 nitrogen and oxygen atoms in total. The van der Waals surface area contributed by atoms with Crippen LogP contribution in [-0.2, 0) is 16.6 Å². The Labute approximate surface area is 118 Å². The van der Waals surface area contributed by atoms with Crippen LogP contribution in [-0.4, -0.2) is 20.1 Å². The normalized spacial score (nSPS) is 14.5. The third-order valence-corrected chi connectivity index (χ3v) is 5.04. The van der Waals surface area contributed by atoms with Gasteiger partial charge in [-0.05, 0) is 25.7 Å². The van der Waals surface area contributed by atoms with Crippen LogP contribution in [0.15, 0.2) is 26.2 Å². The maximum atomic E-state index is 12.1. The standard InChI is InChI=1S/C12H16N2O3S2/c1-4-18-9(3)12-13-11(17-14-12)7-19(15)10-5-6-16-8(10)2/h5-6,9H,4,7H2,1-3H3. The maximum absolute atomic E-state index is 12.1. The first-order valence-electron chi connectivity index (χ1n) is 5.98. The lowest BCUT2D eigenvalue weighted by Crippen LogP contribution is -1.98. The molecule has 0 bridgehead atoms. The Morgan fingerprint density at radius 3 is 2.95 bits per heavy atom.